The Labute approximate surface area is 90.6 Å². The number of rotatable bonds is 4. The van der Waals surface area contributed by atoms with Gasteiger partial charge in [-0.1, -0.05) is 0 Å². The number of hydrogen-bond donors (Lipinski definition) is 2. The van der Waals surface area contributed by atoms with Gasteiger partial charge in [0.15, 0.2) is 28.9 Å². The maximum Gasteiger partial charge on any atom is 0.179 e. The molecule has 0 saturated heterocycles. The van der Waals surface area contributed by atoms with Gasteiger partial charge in [-0.15, -0.1) is 0 Å². The molecule has 0 saturated carbocycles. The van der Waals surface area contributed by atoms with Gasteiger partial charge >= 0.3 is 0 Å². The second-order valence-corrected chi connectivity index (χ2v) is 3.06. The number of methoxy groups -OCH3 is 1. The van der Waals surface area contributed by atoms with E-state index in [2.05, 4.69) is 4.74 Å². The molecule has 0 atom stereocenters. The van der Waals surface area contributed by atoms with Gasteiger partial charge in [0.2, 0.25) is 0 Å². The molecule has 88 valence electrons. The van der Waals surface area contributed by atoms with E-state index in [9.17, 15) is 13.6 Å². The molecular formula is C10H11F2NO3. The number of Topliss-reactive ketones (excluding diaryl/α,β-unsaturated/α-hetero) is 1. The summed E-state index contributed by atoms with van der Waals surface area (Å²) in [7, 11) is 1.15. The second kappa shape index (κ2) is 4.89. The molecule has 0 unspecified atom stereocenters. The van der Waals surface area contributed by atoms with Crippen molar-refractivity contribution in [2.24, 2.45) is 5.73 Å². The van der Waals surface area contributed by atoms with Gasteiger partial charge in [-0.05, 0) is 6.54 Å². The van der Waals surface area contributed by atoms with Gasteiger partial charge in [0.25, 0.3) is 0 Å². The molecule has 0 bridgehead atoms. The van der Waals surface area contributed by atoms with Crippen molar-refractivity contribution < 1.29 is 23.4 Å². The van der Waals surface area contributed by atoms with Crippen LogP contribution < -0.4 is 10.5 Å². The Kier molecular flexibility index (Phi) is 3.78. The molecule has 3 N–H and O–H groups in total. The first kappa shape index (κ1) is 12.4. The molecule has 0 aromatic heterocycles. The van der Waals surface area contributed by atoms with E-state index in [-0.39, 0.29) is 18.7 Å². The number of phenolic OH excluding ortho intramolecular Hbond substituents is 1. The summed E-state index contributed by atoms with van der Waals surface area (Å²) in [6, 6.07) is 0.768. The summed E-state index contributed by atoms with van der Waals surface area (Å²) in [5, 5.41) is 9.15. The highest BCUT2D eigenvalue weighted by Gasteiger charge is 2.23. The summed E-state index contributed by atoms with van der Waals surface area (Å²) in [5.74, 6) is -4.46. The first-order valence-electron chi connectivity index (χ1n) is 4.51. The van der Waals surface area contributed by atoms with Crippen LogP contribution in [0.2, 0.25) is 0 Å². The summed E-state index contributed by atoms with van der Waals surface area (Å²) in [6.07, 6.45) is -0.208. The summed E-state index contributed by atoms with van der Waals surface area (Å²) >= 11 is 0. The van der Waals surface area contributed by atoms with Gasteiger partial charge in [0.1, 0.15) is 0 Å². The molecule has 0 fully saturated rings. The van der Waals surface area contributed by atoms with Crippen molar-refractivity contribution >= 4 is 5.78 Å². The number of aromatic hydroxyl groups is 1. The SMILES string of the molecule is COc1cc(O)c(F)c(C(=O)CCN)c1F. The Hall–Kier alpha value is -1.69. The minimum atomic E-state index is -1.29. The molecule has 16 heavy (non-hydrogen) atoms. The molecule has 0 spiro atoms. The third-order valence-corrected chi connectivity index (χ3v) is 2.02. The number of phenols is 1. The normalized spacial score (nSPS) is 10.2. The highest BCUT2D eigenvalue weighted by Crippen LogP contribution is 2.31. The Bertz CT molecular complexity index is 421. The molecule has 0 aliphatic heterocycles. The number of nitrogens with two attached hydrogens (primary N) is 1. The molecule has 4 nitrogen and oxygen atoms in total. The quantitative estimate of drug-likeness (QED) is 0.764. The van der Waals surface area contributed by atoms with Crippen LogP contribution in [0.1, 0.15) is 16.8 Å². The third kappa shape index (κ3) is 2.11. The standard InChI is InChI=1S/C10H11F2NO3/c1-16-7-4-6(15)9(11)8(10(7)12)5(14)2-3-13/h4,15H,2-3,13H2,1H3. The van der Waals surface area contributed by atoms with Crippen molar-refractivity contribution in [1.29, 1.82) is 0 Å². The van der Waals surface area contributed by atoms with Crippen LogP contribution in [-0.4, -0.2) is 24.5 Å². The van der Waals surface area contributed by atoms with E-state index in [1.165, 1.54) is 0 Å². The van der Waals surface area contributed by atoms with E-state index in [1.807, 2.05) is 0 Å². The zero-order chi connectivity index (χ0) is 12.3. The third-order valence-electron chi connectivity index (χ3n) is 2.02. The smallest absolute Gasteiger partial charge is 0.179 e. The minimum absolute atomic E-state index is 0.0321. The first-order chi connectivity index (χ1) is 7.52. The largest absolute Gasteiger partial charge is 0.505 e. The average Bonchev–Trinajstić information content (AvgIpc) is 2.24. The van der Waals surface area contributed by atoms with Crippen LogP contribution in [-0.2, 0) is 0 Å². The second-order valence-electron chi connectivity index (χ2n) is 3.06. The molecule has 0 heterocycles. The highest BCUT2D eigenvalue weighted by molar-refractivity contribution is 5.97. The summed E-state index contributed by atoms with van der Waals surface area (Å²) in [6.45, 7) is -0.0321. The Balaban J connectivity index is 3.35. The Morgan fingerprint density at radius 2 is 2.12 bits per heavy atom. The molecule has 0 amide bonds. The van der Waals surface area contributed by atoms with Gasteiger partial charge in [0, 0.05) is 12.5 Å². The van der Waals surface area contributed by atoms with E-state index < -0.39 is 28.7 Å². The predicted molar refractivity (Wildman–Crippen MR) is 52.6 cm³/mol. The maximum absolute atomic E-state index is 13.5. The van der Waals surface area contributed by atoms with Crippen molar-refractivity contribution in [2.75, 3.05) is 13.7 Å². The lowest BCUT2D eigenvalue weighted by Gasteiger charge is -2.09. The topological polar surface area (TPSA) is 72.5 Å². The van der Waals surface area contributed by atoms with Crippen molar-refractivity contribution in [3.05, 3.63) is 23.3 Å². The molecular weight excluding hydrogens is 220 g/mol. The van der Waals surface area contributed by atoms with E-state index in [0.29, 0.717) is 0 Å². The van der Waals surface area contributed by atoms with E-state index in [4.69, 9.17) is 10.8 Å². The first-order valence-corrected chi connectivity index (χ1v) is 4.51. The molecule has 0 aliphatic rings. The zero-order valence-corrected chi connectivity index (χ0v) is 8.59. The molecule has 6 heteroatoms. The average molecular weight is 231 g/mol. The molecule has 0 radical (unpaired) electrons. The lowest BCUT2D eigenvalue weighted by atomic mass is 10.1. The number of ether oxygens (including phenoxy) is 1. The van der Waals surface area contributed by atoms with E-state index in [1.54, 1.807) is 0 Å². The number of hydrogen-bond acceptors (Lipinski definition) is 4. The van der Waals surface area contributed by atoms with Crippen molar-refractivity contribution in [3.8, 4) is 11.5 Å². The van der Waals surface area contributed by atoms with Gasteiger partial charge in [-0.3, -0.25) is 4.79 Å². The van der Waals surface area contributed by atoms with Gasteiger partial charge in [-0.2, -0.15) is 0 Å². The molecule has 0 aliphatic carbocycles. The van der Waals surface area contributed by atoms with Gasteiger partial charge in [0.05, 0.1) is 12.7 Å². The van der Waals surface area contributed by atoms with Crippen LogP contribution >= 0.6 is 0 Å². The number of ketones is 1. The van der Waals surface area contributed by atoms with Crippen LogP contribution in [0.15, 0.2) is 6.07 Å². The molecule has 1 aromatic rings. The van der Waals surface area contributed by atoms with Gasteiger partial charge in [-0.25, -0.2) is 8.78 Å². The fourth-order valence-corrected chi connectivity index (χ4v) is 1.25. The van der Waals surface area contributed by atoms with Crippen molar-refractivity contribution in [1.82, 2.24) is 0 Å². The number of halogens is 2. The zero-order valence-electron chi connectivity index (χ0n) is 8.59. The van der Waals surface area contributed by atoms with Crippen LogP contribution in [0.5, 0.6) is 11.5 Å². The fraction of sp³-hybridized carbons (Fsp3) is 0.300. The Morgan fingerprint density at radius 3 is 2.62 bits per heavy atom. The lowest BCUT2D eigenvalue weighted by Crippen LogP contribution is -2.12. The van der Waals surface area contributed by atoms with E-state index in [0.717, 1.165) is 13.2 Å². The predicted octanol–water partition coefficient (Wildman–Crippen LogP) is 1.21. The number of carbonyl (C=O) groups excluding carboxylic acids is 1. The minimum Gasteiger partial charge on any atom is -0.505 e. The lowest BCUT2D eigenvalue weighted by molar-refractivity contribution is 0.0975. The molecule has 1 rings (SSSR count). The monoisotopic (exact) mass is 231 g/mol. The number of carbonyl (C=O) groups is 1. The fourth-order valence-electron chi connectivity index (χ4n) is 1.25. The van der Waals surface area contributed by atoms with E-state index >= 15 is 0 Å². The van der Waals surface area contributed by atoms with Crippen LogP contribution in [0.3, 0.4) is 0 Å². The van der Waals surface area contributed by atoms with Gasteiger partial charge < -0.3 is 15.6 Å². The van der Waals surface area contributed by atoms with Crippen molar-refractivity contribution in [2.45, 2.75) is 6.42 Å². The molecule has 1 aromatic carbocycles. The van der Waals surface area contributed by atoms with Crippen LogP contribution in [0.4, 0.5) is 8.78 Å². The summed E-state index contributed by atoms with van der Waals surface area (Å²) in [5.41, 5.74) is 4.30. The highest BCUT2D eigenvalue weighted by atomic mass is 19.1. The van der Waals surface area contributed by atoms with Crippen molar-refractivity contribution in [3.63, 3.8) is 0 Å². The van der Waals surface area contributed by atoms with Crippen LogP contribution in [0, 0.1) is 11.6 Å². The summed E-state index contributed by atoms with van der Waals surface area (Å²) in [4.78, 5) is 11.4. The summed E-state index contributed by atoms with van der Waals surface area (Å²) < 4.78 is 31.5. The number of benzene rings is 1. The van der Waals surface area contributed by atoms with Crippen LogP contribution in [0.25, 0.3) is 0 Å². The Morgan fingerprint density at radius 1 is 1.50 bits per heavy atom. The maximum atomic E-state index is 13.5.